The van der Waals surface area contributed by atoms with Gasteiger partial charge in [0.05, 0.1) is 0 Å². The summed E-state index contributed by atoms with van der Waals surface area (Å²) >= 11 is 0. The van der Waals surface area contributed by atoms with Crippen molar-refractivity contribution in [1.82, 2.24) is 0 Å². The number of anilines is 3. The largest absolute Gasteiger partial charge is 0.310 e. The molecule has 0 unspecified atom stereocenters. The fraction of sp³-hybridized carbons (Fsp3) is 0.103. The maximum atomic E-state index is 2.48. The molecular formula is C58H45N. The van der Waals surface area contributed by atoms with Crippen LogP contribution in [0.15, 0.2) is 200 Å². The van der Waals surface area contributed by atoms with Gasteiger partial charge in [0.25, 0.3) is 0 Å². The van der Waals surface area contributed by atoms with E-state index >= 15 is 0 Å². The number of benzene rings is 9. The standard InChI is InChI=1S/C58H45N/c1-57(2)52-22-14-13-21-48(52)49-33-31-45(36-53(49)57)59(44-29-27-41(28-30-44)39-17-9-6-10-18-39)46-32-34-50-54(37-46)58(3,4)56-47-20-12-11-19-43(47)35-51(55(50)56)42-25-23-40(24-26-42)38-15-7-5-8-16-38/h5-37H,1-4H3. The van der Waals surface area contributed by atoms with Crippen LogP contribution in [0, 0.1) is 0 Å². The minimum atomic E-state index is -0.245. The predicted octanol–water partition coefficient (Wildman–Crippen LogP) is 15.9. The van der Waals surface area contributed by atoms with Crippen LogP contribution in [0.1, 0.15) is 49.9 Å². The van der Waals surface area contributed by atoms with Gasteiger partial charge in [0.15, 0.2) is 0 Å². The van der Waals surface area contributed by atoms with Gasteiger partial charge in [-0.25, -0.2) is 0 Å². The lowest BCUT2D eigenvalue weighted by Gasteiger charge is -2.30. The Morgan fingerprint density at radius 2 is 0.797 bits per heavy atom. The van der Waals surface area contributed by atoms with Crippen molar-refractivity contribution >= 4 is 27.8 Å². The second kappa shape index (κ2) is 13.3. The summed E-state index contributed by atoms with van der Waals surface area (Å²) in [6.45, 7) is 9.58. The number of hydrogen-bond acceptors (Lipinski definition) is 1. The zero-order valence-electron chi connectivity index (χ0n) is 34.0. The van der Waals surface area contributed by atoms with E-state index in [0.29, 0.717) is 0 Å². The topological polar surface area (TPSA) is 3.24 Å². The van der Waals surface area contributed by atoms with Crippen molar-refractivity contribution in [3.05, 3.63) is 222 Å². The molecule has 0 heterocycles. The third kappa shape index (κ3) is 5.53. The molecule has 1 nitrogen and oxygen atoms in total. The van der Waals surface area contributed by atoms with Crippen LogP contribution in [0.4, 0.5) is 17.1 Å². The van der Waals surface area contributed by atoms with Crippen LogP contribution in [0.5, 0.6) is 0 Å². The van der Waals surface area contributed by atoms with E-state index in [1.165, 1.54) is 88.7 Å². The smallest absolute Gasteiger partial charge is 0.0465 e. The highest BCUT2D eigenvalue weighted by molar-refractivity contribution is 6.05. The van der Waals surface area contributed by atoms with Crippen LogP contribution in [0.25, 0.3) is 66.4 Å². The first-order valence-corrected chi connectivity index (χ1v) is 20.8. The van der Waals surface area contributed by atoms with Gasteiger partial charge in [-0.05, 0) is 131 Å². The van der Waals surface area contributed by atoms with Gasteiger partial charge in [0.2, 0.25) is 0 Å². The lowest BCUT2D eigenvalue weighted by atomic mass is 9.79. The summed E-state index contributed by atoms with van der Waals surface area (Å²) in [6, 6.07) is 74.2. The second-order valence-electron chi connectivity index (χ2n) is 17.3. The SMILES string of the molecule is CC1(C)c2ccccc2-c2ccc(N(c3ccc(-c4ccccc4)cc3)c3ccc4c(c3)C(C)(C)c3c-4c(-c4ccc(-c5ccccc5)cc4)cc4ccccc34)cc21. The fourth-order valence-corrected chi connectivity index (χ4v) is 10.2. The minimum Gasteiger partial charge on any atom is -0.310 e. The molecule has 0 aromatic heterocycles. The minimum absolute atomic E-state index is 0.108. The first-order chi connectivity index (χ1) is 28.8. The Morgan fingerprint density at radius 3 is 1.46 bits per heavy atom. The zero-order chi connectivity index (χ0) is 39.9. The zero-order valence-corrected chi connectivity index (χ0v) is 34.0. The van der Waals surface area contributed by atoms with E-state index in [1.54, 1.807) is 0 Å². The van der Waals surface area contributed by atoms with E-state index in [4.69, 9.17) is 0 Å². The van der Waals surface area contributed by atoms with Crippen LogP contribution >= 0.6 is 0 Å². The molecule has 0 atom stereocenters. The van der Waals surface area contributed by atoms with Crippen LogP contribution < -0.4 is 4.90 Å². The second-order valence-corrected chi connectivity index (χ2v) is 17.3. The Labute approximate surface area is 347 Å². The molecule has 0 amide bonds. The highest BCUT2D eigenvalue weighted by atomic mass is 15.1. The summed E-state index contributed by atoms with van der Waals surface area (Å²) in [5.74, 6) is 0. The lowest BCUT2D eigenvalue weighted by molar-refractivity contribution is 0.660. The molecule has 11 rings (SSSR count). The average Bonchev–Trinajstić information content (AvgIpc) is 3.66. The summed E-state index contributed by atoms with van der Waals surface area (Å²) < 4.78 is 0. The molecule has 0 radical (unpaired) electrons. The van der Waals surface area contributed by atoms with Crippen LogP contribution in [-0.2, 0) is 10.8 Å². The lowest BCUT2D eigenvalue weighted by Crippen LogP contribution is -2.18. The van der Waals surface area contributed by atoms with Gasteiger partial charge in [0, 0.05) is 27.9 Å². The molecule has 2 aliphatic rings. The first-order valence-electron chi connectivity index (χ1n) is 20.8. The molecule has 0 aliphatic heterocycles. The molecule has 0 saturated carbocycles. The van der Waals surface area contributed by atoms with E-state index in [9.17, 15) is 0 Å². The fourth-order valence-electron chi connectivity index (χ4n) is 10.2. The number of rotatable bonds is 6. The highest BCUT2D eigenvalue weighted by Gasteiger charge is 2.40. The average molecular weight is 756 g/mol. The Kier molecular flexibility index (Phi) is 7.94. The summed E-state index contributed by atoms with van der Waals surface area (Å²) in [7, 11) is 0. The molecular weight excluding hydrogens is 711 g/mol. The molecule has 0 N–H and O–H groups in total. The van der Waals surface area contributed by atoms with Gasteiger partial charge in [-0.2, -0.15) is 0 Å². The highest BCUT2D eigenvalue weighted by Crippen LogP contribution is 2.57. The molecule has 0 saturated heterocycles. The summed E-state index contributed by atoms with van der Waals surface area (Å²) in [6.07, 6.45) is 0. The van der Waals surface area contributed by atoms with E-state index in [-0.39, 0.29) is 10.8 Å². The van der Waals surface area contributed by atoms with Crippen molar-refractivity contribution in [2.75, 3.05) is 4.90 Å². The van der Waals surface area contributed by atoms with E-state index in [0.717, 1.165) is 17.1 Å². The molecule has 0 bridgehead atoms. The molecule has 282 valence electrons. The van der Waals surface area contributed by atoms with Gasteiger partial charge in [-0.3, -0.25) is 0 Å². The Bertz CT molecular complexity index is 3060. The third-order valence-corrected chi connectivity index (χ3v) is 13.2. The van der Waals surface area contributed by atoms with Crippen molar-refractivity contribution in [3.63, 3.8) is 0 Å². The van der Waals surface area contributed by atoms with Gasteiger partial charge in [-0.1, -0.05) is 185 Å². The molecule has 9 aromatic rings. The van der Waals surface area contributed by atoms with Gasteiger partial charge < -0.3 is 4.90 Å². The van der Waals surface area contributed by atoms with Crippen LogP contribution in [-0.4, -0.2) is 0 Å². The summed E-state index contributed by atoms with van der Waals surface area (Å²) in [4.78, 5) is 2.47. The number of nitrogens with zero attached hydrogens (tertiary/aromatic N) is 1. The Morgan fingerprint density at radius 1 is 0.322 bits per heavy atom. The molecule has 2 aliphatic carbocycles. The van der Waals surface area contributed by atoms with Gasteiger partial charge in [-0.15, -0.1) is 0 Å². The van der Waals surface area contributed by atoms with Crippen molar-refractivity contribution in [1.29, 1.82) is 0 Å². The maximum Gasteiger partial charge on any atom is 0.0465 e. The van der Waals surface area contributed by atoms with Crippen molar-refractivity contribution in [2.24, 2.45) is 0 Å². The normalized spacial score (nSPS) is 14.0. The molecule has 0 spiro atoms. The quantitative estimate of drug-likeness (QED) is 0.163. The van der Waals surface area contributed by atoms with E-state index < -0.39 is 0 Å². The molecule has 9 aromatic carbocycles. The van der Waals surface area contributed by atoms with Crippen LogP contribution in [0.3, 0.4) is 0 Å². The maximum absolute atomic E-state index is 2.48. The molecule has 0 fully saturated rings. The van der Waals surface area contributed by atoms with E-state index in [1.807, 2.05) is 0 Å². The van der Waals surface area contributed by atoms with E-state index in [2.05, 4.69) is 233 Å². The van der Waals surface area contributed by atoms with Crippen molar-refractivity contribution in [3.8, 4) is 55.6 Å². The molecule has 59 heavy (non-hydrogen) atoms. The first kappa shape index (κ1) is 35.2. The summed E-state index contributed by atoms with van der Waals surface area (Å²) in [5, 5.41) is 2.60. The monoisotopic (exact) mass is 755 g/mol. The predicted molar refractivity (Wildman–Crippen MR) is 250 cm³/mol. The summed E-state index contributed by atoms with van der Waals surface area (Å²) in [5.41, 5.74) is 21.4. The third-order valence-electron chi connectivity index (χ3n) is 13.2. The molecule has 1 heteroatoms. The number of hydrogen-bond donors (Lipinski definition) is 0. The van der Waals surface area contributed by atoms with Crippen LogP contribution in [0.2, 0.25) is 0 Å². The van der Waals surface area contributed by atoms with Gasteiger partial charge >= 0.3 is 0 Å². The van der Waals surface area contributed by atoms with Crippen molar-refractivity contribution < 1.29 is 0 Å². The Balaban J connectivity index is 1.08. The van der Waals surface area contributed by atoms with Crippen molar-refractivity contribution in [2.45, 2.75) is 38.5 Å². The van der Waals surface area contributed by atoms with Gasteiger partial charge in [0.1, 0.15) is 0 Å². The Hall–Kier alpha value is -6.96. The number of fused-ring (bicyclic) bond motifs is 8.